The number of fused-ring (bicyclic) bond motifs is 2. The molecule has 1 saturated carbocycles. The summed E-state index contributed by atoms with van der Waals surface area (Å²) >= 11 is 0. The molecule has 0 amide bonds. The quantitative estimate of drug-likeness (QED) is 0.817. The Balaban J connectivity index is 1.91. The first-order valence-corrected chi connectivity index (χ1v) is 7.25. The molecule has 1 aliphatic carbocycles. The van der Waals surface area contributed by atoms with Gasteiger partial charge in [-0.2, -0.15) is 10.5 Å². The smallest absolute Gasteiger partial charge is 0.292 e. The third kappa shape index (κ3) is 1.25. The first-order valence-electron chi connectivity index (χ1n) is 7.25. The number of benzene rings is 1. The predicted octanol–water partition coefficient (Wildman–Crippen LogP) is 0.850. The van der Waals surface area contributed by atoms with Crippen molar-refractivity contribution in [1.29, 1.82) is 10.5 Å². The third-order valence-electron chi connectivity index (χ3n) is 5.21. The fourth-order valence-electron chi connectivity index (χ4n) is 4.11. The van der Waals surface area contributed by atoms with Gasteiger partial charge in [-0.3, -0.25) is 0 Å². The normalized spacial score (nSPS) is 34.0. The molecule has 1 aromatic rings. The molecule has 24 heavy (non-hydrogen) atoms. The Kier molecular flexibility index (Phi) is 2.70. The van der Waals surface area contributed by atoms with Crippen molar-refractivity contribution in [1.82, 2.24) is 0 Å². The highest BCUT2D eigenvalue weighted by atomic mass is 16.7. The zero-order valence-corrected chi connectivity index (χ0v) is 13.1. The van der Waals surface area contributed by atoms with Gasteiger partial charge in [-0.25, -0.2) is 4.99 Å². The summed E-state index contributed by atoms with van der Waals surface area (Å²) in [6, 6.07) is 9.68. The molecule has 8 nitrogen and oxygen atoms in total. The van der Waals surface area contributed by atoms with Crippen LogP contribution >= 0.6 is 0 Å². The Morgan fingerprint density at radius 2 is 1.92 bits per heavy atom. The van der Waals surface area contributed by atoms with Gasteiger partial charge >= 0.3 is 0 Å². The van der Waals surface area contributed by atoms with Gasteiger partial charge in [-0.1, -0.05) is 6.07 Å². The minimum Gasteiger partial charge on any atom is -0.454 e. The molecule has 4 rings (SSSR count). The van der Waals surface area contributed by atoms with Crippen LogP contribution in [0.15, 0.2) is 23.2 Å². The summed E-state index contributed by atoms with van der Waals surface area (Å²) in [6.45, 7) is 0.139. The van der Waals surface area contributed by atoms with E-state index in [0.29, 0.717) is 11.5 Å². The number of nitrogens with two attached hydrogens (primary N) is 1. The highest BCUT2D eigenvalue weighted by Gasteiger charge is 2.93. The summed E-state index contributed by atoms with van der Waals surface area (Å²) < 4.78 is 21.5. The minimum atomic E-state index is -1.62. The zero-order valence-electron chi connectivity index (χ0n) is 13.1. The Morgan fingerprint density at radius 3 is 2.54 bits per heavy atom. The first-order chi connectivity index (χ1) is 11.6. The van der Waals surface area contributed by atoms with Crippen LogP contribution in [0.3, 0.4) is 0 Å². The van der Waals surface area contributed by atoms with E-state index in [1.54, 1.807) is 18.2 Å². The van der Waals surface area contributed by atoms with Crippen LogP contribution in [-0.4, -0.2) is 32.8 Å². The maximum absolute atomic E-state index is 9.96. The minimum absolute atomic E-state index is 0.0397. The Bertz CT molecular complexity index is 851. The molecule has 0 spiro atoms. The molecule has 2 N–H and O–H groups in total. The number of methoxy groups -OCH3 is 2. The number of amidine groups is 1. The highest BCUT2D eigenvalue weighted by Crippen LogP contribution is 2.82. The van der Waals surface area contributed by atoms with Crippen LogP contribution in [0.25, 0.3) is 0 Å². The summed E-state index contributed by atoms with van der Waals surface area (Å²) in [5, 5.41) is 19.8. The van der Waals surface area contributed by atoms with Crippen LogP contribution in [0.1, 0.15) is 11.5 Å². The van der Waals surface area contributed by atoms with Gasteiger partial charge in [0, 0.05) is 20.1 Å². The van der Waals surface area contributed by atoms with Crippen molar-refractivity contribution in [3.05, 3.63) is 23.8 Å². The standard InChI is InChI=1S/C16H14N4O4/c1-21-16(22-2)15(7-18)12(14(15,6-17)13(19)20-16)9-3-4-10-11(5-9)24-8-23-10/h3-5,12H,8H2,1-2H3,(H2,19,20)/t12-,14+,15-/m0/s1. The van der Waals surface area contributed by atoms with Crippen molar-refractivity contribution in [2.24, 2.45) is 21.6 Å². The number of hydrogen-bond donors (Lipinski definition) is 1. The summed E-state index contributed by atoms with van der Waals surface area (Å²) in [5.41, 5.74) is 4.11. The molecule has 0 saturated heterocycles. The number of aliphatic imine (C=N–C) groups is 1. The van der Waals surface area contributed by atoms with Crippen LogP contribution in [0.5, 0.6) is 11.5 Å². The maximum atomic E-state index is 9.96. The second-order valence-electron chi connectivity index (χ2n) is 5.87. The molecule has 1 aromatic carbocycles. The fourth-order valence-corrected chi connectivity index (χ4v) is 4.11. The average molecular weight is 326 g/mol. The van der Waals surface area contributed by atoms with E-state index in [2.05, 4.69) is 17.1 Å². The monoisotopic (exact) mass is 326 g/mol. The molecular weight excluding hydrogens is 312 g/mol. The number of rotatable bonds is 3. The molecular formula is C16H14N4O4. The summed E-state index contributed by atoms with van der Waals surface area (Å²) in [7, 11) is 2.75. The number of hydrogen-bond acceptors (Lipinski definition) is 8. The third-order valence-corrected chi connectivity index (χ3v) is 5.21. The van der Waals surface area contributed by atoms with E-state index in [0.717, 1.165) is 5.56 Å². The number of nitriles is 2. The molecule has 2 heterocycles. The Hall–Kier alpha value is -2.81. The van der Waals surface area contributed by atoms with Crippen molar-refractivity contribution in [2.75, 3.05) is 21.0 Å². The number of nitrogens with zero attached hydrogens (tertiary/aromatic N) is 3. The van der Waals surface area contributed by atoms with Crippen LogP contribution in [-0.2, 0) is 9.47 Å². The van der Waals surface area contributed by atoms with Crippen LogP contribution < -0.4 is 15.2 Å². The molecule has 3 atom stereocenters. The largest absolute Gasteiger partial charge is 0.454 e. The van der Waals surface area contributed by atoms with Gasteiger partial charge in [0.05, 0.1) is 12.1 Å². The van der Waals surface area contributed by atoms with E-state index in [-0.39, 0.29) is 12.6 Å². The van der Waals surface area contributed by atoms with Gasteiger partial charge in [-0.05, 0) is 17.7 Å². The molecule has 3 aliphatic rings. The summed E-state index contributed by atoms with van der Waals surface area (Å²) in [4.78, 5) is 4.17. The lowest BCUT2D eigenvalue weighted by molar-refractivity contribution is -0.230. The van der Waals surface area contributed by atoms with Gasteiger partial charge in [0.25, 0.3) is 5.91 Å². The molecule has 0 radical (unpaired) electrons. The van der Waals surface area contributed by atoms with Crippen LogP contribution in [0, 0.1) is 33.5 Å². The second-order valence-corrected chi connectivity index (χ2v) is 5.87. The van der Waals surface area contributed by atoms with Gasteiger partial charge in [0.1, 0.15) is 11.3 Å². The molecule has 0 aromatic heterocycles. The van der Waals surface area contributed by atoms with Crippen molar-refractivity contribution in [3.63, 3.8) is 0 Å². The summed E-state index contributed by atoms with van der Waals surface area (Å²) in [6.07, 6.45) is 0. The average Bonchev–Trinajstić information content (AvgIpc) is 2.87. The topological polar surface area (TPSA) is 123 Å². The lowest BCUT2D eigenvalue weighted by Gasteiger charge is -2.29. The maximum Gasteiger partial charge on any atom is 0.292 e. The van der Waals surface area contributed by atoms with Gasteiger partial charge in [-0.15, -0.1) is 0 Å². The predicted molar refractivity (Wildman–Crippen MR) is 79.8 cm³/mol. The molecule has 2 aliphatic heterocycles. The highest BCUT2D eigenvalue weighted by molar-refractivity contribution is 6.00. The lowest BCUT2D eigenvalue weighted by Crippen LogP contribution is -2.41. The van der Waals surface area contributed by atoms with E-state index in [4.69, 9.17) is 24.7 Å². The van der Waals surface area contributed by atoms with Crippen molar-refractivity contribution in [3.8, 4) is 23.6 Å². The van der Waals surface area contributed by atoms with E-state index >= 15 is 0 Å². The second kappa shape index (κ2) is 4.38. The molecule has 122 valence electrons. The van der Waals surface area contributed by atoms with Crippen LogP contribution in [0.2, 0.25) is 0 Å². The molecule has 0 bridgehead atoms. The van der Waals surface area contributed by atoms with Gasteiger partial charge in [0.15, 0.2) is 16.9 Å². The lowest BCUT2D eigenvalue weighted by atomic mass is 9.93. The summed E-state index contributed by atoms with van der Waals surface area (Å²) in [5.74, 6) is -0.949. The van der Waals surface area contributed by atoms with E-state index in [1.165, 1.54) is 14.2 Å². The fraction of sp³-hybridized carbons (Fsp3) is 0.438. The Morgan fingerprint density at radius 1 is 1.21 bits per heavy atom. The van der Waals surface area contributed by atoms with Gasteiger partial charge in [0.2, 0.25) is 6.79 Å². The van der Waals surface area contributed by atoms with Crippen LogP contribution in [0.4, 0.5) is 0 Å². The van der Waals surface area contributed by atoms with Crippen molar-refractivity contribution >= 4 is 5.84 Å². The van der Waals surface area contributed by atoms with Gasteiger partial charge < -0.3 is 24.7 Å². The van der Waals surface area contributed by atoms with E-state index < -0.39 is 22.7 Å². The van der Waals surface area contributed by atoms with E-state index in [9.17, 15) is 10.5 Å². The van der Waals surface area contributed by atoms with Crippen molar-refractivity contribution in [2.45, 2.75) is 11.8 Å². The van der Waals surface area contributed by atoms with Crippen molar-refractivity contribution < 1.29 is 18.9 Å². The SMILES string of the molecule is COC1(OC)N=C(N)[C@@]2(C#N)[C@H](c3ccc4c(c3)OCO4)[C@]12C#N. The molecule has 8 heteroatoms. The zero-order chi connectivity index (χ0) is 17.2. The molecule has 1 fully saturated rings. The van der Waals surface area contributed by atoms with E-state index in [1.807, 2.05) is 0 Å². The number of ether oxygens (including phenoxy) is 4. The first kappa shape index (κ1) is 14.8. The Labute approximate surface area is 138 Å². The molecule has 0 unspecified atom stereocenters.